The van der Waals surface area contributed by atoms with E-state index in [-0.39, 0.29) is 6.61 Å². The predicted octanol–water partition coefficient (Wildman–Crippen LogP) is 2.60. The molecule has 0 heterocycles. The van der Waals surface area contributed by atoms with Crippen LogP contribution in [0.25, 0.3) is 0 Å². The normalized spacial score (nSPS) is 10.2. The molecule has 98 valence electrons. The molecule has 0 aliphatic rings. The van der Waals surface area contributed by atoms with Crippen molar-refractivity contribution in [2.24, 2.45) is 5.73 Å². The van der Waals surface area contributed by atoms with Crippen LogP contribution in [-0.4, -0.2) is 5.91 Å². The molecule has 0 bridgehead atoms. The first kappa shape index (κ1) is 13.2. The lowest BCUT2D eigenvalue weighted by atomic mass is 10.1. The van der Waals surface area contributed by atoms with Crippen LogP contribution in [0.1, 0.15) is 15.9 Å². The summed E-state index contributed by atoms with van der Waals surface area (Å²) in [6.07, 6.45) is 0. The third-order valence-electron chi connectivity index (χ3n) is 2.68. The number of benzene rings is 2. The van der Waals surface area contributed by atoms with Gasteiger partial charge in [-0.05, 0) is 24.3 Å². The molecule has 2 aromatic carbocycles. The molecule has 0 radical (unpaired) electrons. The summed E-state index contributed by atoms with van der Waals surface area (Å²) >= 11 is 6.05. The van der Waals surface area contributed by atoms with Gasteiger partial charge in [0, 0.05) is 16.3 Å². The topological polar surface area (TPSA) is 78.3 Å². The Kier molecular flexibility index (Phi) is 3.92. The SMILES string of the molecule is NC(=O)c1ccccc1OCc1c(N)cccc1Cl. The molecule has 0 saturated carbocycles. The number of carbonyl (C=O) groups is 1. The van der Waals surface area contributed by atoms with Gasteiger partial charge in [-0.3, -0.25) is 4.79 Å². The molecular formula is C14H13ClN2O2. The van der Waals surface area contributed by atoms with Gasteiger partial charge in [-0.15, -0.1) is 0 Å². The molecule has 5 heteroatoms. The average molecular weight is 277 g/mol. The van der Waals surface area contributed by atoms with E-state index in [4.69, 9.17) is 27.8 Å². The fourth-order valence-corrected chi connectivity index (χ4v) is 1.91. The summed E-state index contributed by atoms with van der Waals surface area (Å²) in [7, 11) is 0. The zero-order valence-corrected chi connectivity index (χ0v) is 10.9. The Labute approximate surface area is 115 Å². The third kappa shape index (κ3) is 2.98. The Hall–Kier alpha value is -2.20. The summed E-state index contributed by atoms with van der Waals surface area (Å²) in [5, 5.41) is 0.525. The first-order chi connectivity index (χ1) is 9.09. The van der Waals surface area contributed by atoms with Gasteiger partial charge in [-0.2, -0.15) is 0 Å². The minimum Gasteiger partial charge on any atom is -0.488 e. The molecule has 0 aliphatic heterocycles. The zero-order valence-electron chi connectivity index (χ0n) is 10.1. The monoisotopic (exact) mass is 276 g/mol. The van der Waals surface area contributed by atoms with Crippen LogP contribution in [0.4, 0.5) is 5.69 Å². The second-order valence-electron chi connectivity index (χ2n) is 3.96. The lowest BCUT2D eigenvalue weighted by molar-refractivity contribution is 0.0996. The molecule has 1 amide bonds. The van der Waals surface area contributed by atoms with E-state index in [2.05, 4.69) is 0 Å². The molecule has 19 heavy (non-hydrogen) atoms. The van der Waals surface area contributed by atoms with E-state index in [1.165, 1.54) is 0 Å². The molecule has 0 spiro atoms. The van der Waals surface area contributed by atoms with Crippen molar-refractivity contribution in [3.05, 3.63) is 58.6 Å². The van der Waals surface area contributed by atoms with Gasteiger partial charge in [0.25, 0.3) is 5.91 Å². The quantitative estimate of drug-likeness (QED) is 0.843. The molecule has 0 fully saturated rings. The number of para-hydroxylation sites is 1. The number of hydrogen-bond donors (Lipinski definition) is 2. The number of nitrogens with two attached hydrogens (primary N) is 2. The summed E-state index contributed by atoms with van der Waals surface area (Å²) in [6.45, 7) is 0.176. The number of amides is 1. The highest BCUT2D eigenvalue weighted by Gasteiger charge is 2.10. The minimum atomic E-state index is -0.539. The molecule has 2 rings (SSSR count). The highest BCUT2D eigenvalue weighted by Crippen LogP contribution is 2.25. The van der Waals surface area contributed by atoms with E-state index in [1.54, 1.807) is 42.5 Å². The van der Waals surface area contributed by atoms with E-state index < -0.39 is 5.91 Å². The number of nitrogen functional groups attached to an aromatic ring is 1. The molecule has 4 nitrogen and oxygen atoms in total. The van der Waals surface area contributed by atoms with Gasteiger partial charge in [0.2, 0.25) is 0 Å². The molecular weight excluding hydrogens is 264 g/mol. The number of ether oxygens (including phenoxy) is 1. The second kappa shape index (κ2) is 5.63. The maximum absolute atomic E-state index is 11.3. The first-order valence-electron chi connectivity index (χ1n) is 5.64. The van der Waals surface area contributed by atoms with Crippen LogP contribution in [0.5, 0.6) is 5.75 Å². The van der Waals surface area contributed by atoms with Crippen LogP contribution in [0.2, 0.25) is 5.02 Å². The largest absolute Gasteiger partial charge is 0.488 e. The molecule has 0 atom stereocenters. The summed E-state index contributed by atoms with van der Waals surface area (Å²) < 4.78 is 5.58. The number of hydrogen-bond acceptors (Lipinski definition) is 3. The predicted molar refractivity (Wildman–Crippen MR) is 75.2 cm³/mol. The van der Waals surface area contributed by atoms with Crippen LogP contribution in [0.3, 0.4) is 0 Å². The lowest BCUT2D eigenvalue weighted by Gasteiger charge is -2.12. The summed E-state index contributed by atoms with van der Waals surface area (Å²) in [5.41, 5.74) is 12.7. The van der Waals surface area contributed by atoms with E-state index in [0.29, 0.717) is 27.6 Å². The molecule has 0 unspecified atom stereocenters. The summed E-state index contributed by atoms with van der Waals surface area (Å²) in [4.78, 5) is 11.3. The van der Waals surface area contributed by atoms with Crippen molar-refractivity contribution in [1.29, 1.82) is 0 Å². The Bertz CT molecular complexity index is 594. The minimum absolute atomic E-state index is 0.176. The summed E-state index contributed by atoms with van der Waals surface area (Å²) in [6, 6.07) is 12.0. The van der Waals surface area contributed by atoms with E-state index in [0.717, 1.165) is 0 Å². The van der Waals surface area contributed by atoms with Crippen molar-refractivity contribution in [2.75, 3.05) is 5.73 Å². The number of primary amides is 1. The van der Waals surface area contributed by atoms with Crippen LogP contribution in [-0.2, 0) is 6.61 Å². The molecule has 0 saturated heterocycles. The van der Waals surface area contributed by atoms with Gasteiger partial charge in [0.1, 0.15) is 12.4 Å². The van der Waals surface area contributed by atoms with Crippen molar-refractivity contribution < 1.29 is 9.53 Å². The van der Waals surface area contributed by atoms with E-state index in [9.17, 15) is 4.79 Å². The maximum atomic E-state index is 11.3. The van der Waals surface area contributed by atoms with Crippen LogP contribution in [0.15, 0.2) is 42.5 Å². The first-order valence-corrected chi connectivity index (χ1v) is 6.02. The van der Waals surface area contributed by atoms with Gasteiger partial charge in [0.05, 0.1) is 5.56 Å². The molecule has 2 aromatic rings. The van der Waals surface area contributed by atoms with E-state index >= 15 is 0 Å². The van der Waals surface area contributed by atoms with Crippen molar-refractivity contribution >= 4 is 23.2 Å². The molecule has 0 aromatic heterocycles. The molecule has 0 aliphatic carbocycles. The fraction of sp³-hybridized carbons (Fsp3) is 0.0714. The highest BCUT2D eigenvalue weighted by molar-refractivity contribution is 6.31. The van der Waals surface area contributed by atoms with Gasteiger partial charge >= 0.3 is 0 Å². The zero-order chi connectivity index (χ0) is 13.8. The standard InChI is InChI=1S/C14H13ClN2O2/c15-11-5-3-6-12(16)10(11)8-19-13-7-2-1-4-9(13)14(17)18/h1-7H,8,16H2,(H2,17,18). The van der Waals surface area contributed by atoms with Crippen molar-refractivity contribution in [3.8, 4) is 5.75 Å². The van der Waals surface area contributed by atoms with Gasteiger partial charge in [0.15, 0.2) is 0 Å². The van der Waals surface area contributed by atoms with Crippen LogP contribution >= 0.6 is 11.6 Å². The Morgan fingerprint density at radius 2 is 1.89 bits per heavy atom. The van der Waals surface area contributed by atoms with Crippen molar-refractivity contribution in [1.82, 2.24) is 0 Å². The van der Waals surface area contributed by atoms with Crippen molar-refractivity contribution in [2.45, 2.75) is 6.61 Å². The number of rotatable bonds is 4. The smallest absolute Gasteiger partial charge is 0.252 e. The average Bonchev–Trinajstić information content (AvgIpc) is 2.38. The van der Waals surface area contributed by atoms with Gasteiger partial charge in [-0.1, -0.05) is 29.8 Å². The van der Waals surface area contributed by atoms with Gasteiger partial charge in [-0.25, -0.2) is 0 Å². The highest BCUT2D eigenvalue weighted by atomic mass is 35.5. The van der Waals surface area contributed by atoms with Gasteiger partial charge < -0.3 is 16.2 Å². The molecule has 4 N–H and O–H groups in total. The summed E-state index contributed by atoms with van der Waals surface area (Å²) in [5.74, 6) is -0.128. The Balaban J connectivity index is 2.22. The Morgan fingerprint density at radius 3 is 2.58 bits per heavy atom. The number of halogens is 1. The number of carbonyl (C=O) groups excluding carboxylic acids is 1. The van der Waals surface area contributed by atoms with Crippen LogP contribution in [0, 0.1) is 0 Å². The number of anilines is 1. The third-order valence-corrected chi connectivity index (χ3v) is 3.03. The van der Waals surface area contributed by atoms with E-state index in [1.807, 2.05) is 0 Å². The maximum Gasteiger partial charge on any atom is 0.252 e. The Morgan fingerprint density at radius 1 is 1.16 bits per heavy atom. The lowest BCUT2D eigenvalue weighted by Crippen LogP contribution is -2.13. The van der Waals surface area contributed by atoms with Crippen molar-refractivity contribution in [3.63, 3.8) is 0 Å². The second-order valence-corrected chi connectivity index (χ2v) is 4.36. The fourth-order valence-electron chi connectivity index (χ4n) is 1.67. The van der Waals surface area contributed by atoms with Crippen LogP contribution < -0.4 is 16.2 Å².